The van der Waals surface area contributed by atoms with Crippen LogP contribution in [0.1, 0.15) is 97.0 Å². The zero-order valence-electron chi connectivity index (χ0n) is 36.3. The van der Waals surface area contributed by atoms with Gasteiger partial charge in [0.15, 0.2) is 5.82 Å². The van der Waals surface area contributed by atoms with E-state index in [1.54, 1.807) is 40.1 Å². The van der Waals surface area contributed by atoms with Gasteiger partial charge in [-0.25, -0.2) is 13.8 Å². The van der Waals surface area contributed by atoms with Gasteiger partial charge >= 0.3 is 0 Å². The van der Waals surface area contributed by atoms with Crippen LogP contribution in [0.25, 0.3) is 33.5 Å². The van der Waals surface area contributed by atoms with Crippen molar-refractivity contribution < 1.29 is 28.0 Å². The summed E-state index contributed by atoms with van der Waals surface area (Å²) in [6, 6.07) is 6.50. The number of benzene rings is 2. The first-order chi connectivity index (χ1) is 29.4. The van der Waals surface area contributed by atoms with Crippen LogP contribution in [0.4, 0.5) is 8.78 Å². The third kappa shape index (κ3) is 9.47. The van der Waals surface area contributed by atoms with Crippen LogP contribution in [0, 0.1) is 17.6 Å². The molecule has 4 aromatic rings. The van der Waals surface area contributed by atoms with Gasteiger partial charge in [0.1, 0.15) is 23.7 Å². The smallest absolute Gasteiger partial charge is 0.245 e. The van der Waals surface area contributed by atoms with Gasteiger partial charge in [-0.1, -0.05) is 32.6 Å². The molecule has 1 saturated carbocycles. The van der Waals surface area contributed by atoms with Crippen LogP contribution in [0.15, 0.2) is 36.4 Å². The predicted molar refractivity (Wildman–Crippen MR) is 233 cm³/mol. The number of nitrogens with one attached hydrogen (secondary N) is 5. The Balaban J connectivity index is 1.24. The highest BCUT2D eigenvalue weighted by Crippen LogP contribution is 2.37. The number of imidazole rings is 1. The fourth-order valence-corrected chi connectivity index (χ4v) is 9.82. The number of carbonyl (C=O) groups excluding carboxylic acids is 4. The minimum atomic E-state index is -0.674. The number of aromatic nitrogens is 3. The van der Waals surface area contributed by atoms with Crippen molar-refractivity contribution in [3.05, 3.63) is 53.6 Å². The highest BCUT2D eigenvalue weighted by Gasteiger charge is 2.40. The van der Waals surface area contributed by atoms with Gasteiger partial charge in [-0.05, 0) is 121 Å². The summed E-state index contributed by atoms with van der Waals surface area (Å²) in [5.41, 5.74) is 3.21. The topological polar surface area (TPSA) is 156 Å². The lowest BCUT2D eigenvalue weighted by Crippen LogP contribution is -2.56. The molecule has 4 amide bonds. The molecule has 2 aromatic carbocycles. The van der Waals surface area contributed by atoms with E-state index >= 15 is 0 Å². The average molecular weight is 844 g/mol. The largest absolute Gasteiger partial charge is 0.352 e. The fraction of sp³-hybridized carbons (Fsp3) is 0.587. The Kier molecular flexibility index (Phi) is 14.1. The van der Waals surface area contributed by atoms with Crippen LogP contribution in [0.2, 0.25) is 0 Å². The molecule has 6 atom stereocenters. The summed E-state index contributed by atoms with van der Waals surface area (Å²) in [7, 11) is 3.44. The van der Waals surface area contributed by atoms with E-state index in [0.717, 1.165) is 68.7 Å². The summed E-state index contributed by atoms with van der Waals surface area (Å²) in [6.07, 6.45) is 9.64. The maximum atomic E-state index is 14.9. The van der Waals surface area contributed by atoms with Gasteiger partial charge in [-0.3, -0.25) is 19.2 Å². The first kappa shape index (κ1) is 44.2. The Morgan fingerprint density at radius 3 is 2.13 bits per heavy atom. The average Bonchev–Trinajstić information content (AvgIpc) is 4.07. The van der Waals surface area contributed by atoms with E-state index in [1.165, 1.54) is 24.3 Å². The Morgan fingerprint density at radius 1 is 0.803 bits per heavy atom. The summed E-state index contributed by atoms with van der Waals surface area (Å²) in [5, 5.41) is 12.8. The standard InChI is InChI=1S/C46H63F2N9O4/c1-6-12-36(53-43(58)27(2)49-4)45(60)56-22-11-16-33(56)26-57-39-20-18-31(48)24-38(39)52-42(57)41-35(34-19-17-30(47)23-37(34)51-41)25-32-15-10-21-55(32)46(61)40(29-13-8-7-9-14-29)54-44(59)28(3)50-5/h17-20,23-24,27-29,32-33,36,40,49-51H,6-16,21-22,25-26H2,1-5H3,(H,53,58)(H,54,59)/t27-,28-,32-,33-,36-,40?/m0/s1. The monoisotopic (exact) mass is 843 g/mol. The van der Waals surface area contributed by atoms with E-state index in [2.05, 4.69) is 26.3 Å². The lowest BCUT2D eigenvalue weighted by molar-refractivity contribution is -0.139. The van der Waals surface area contributed by atoms with Crippen LogP contribution in [-0.2, 0) is 32.1 Å². The van der Waals surface area contributed by atoms with Gasteiger partial charge in [-0.15, -0.1) is 0 Å². The van der Waals surface area contributed by atoms with Crippen LogP contribution >= 0.6 is 0 Å². The number of aromatic amines is 1. The minimum absolute atomic E-state index is 0.0508. The highest BCUT2D eigenvalue weighted by molar-refractivity contribution is 5.93. The normalized spacial score (nSPS) is 20.6. The molecule has 1 unspecified atom stereocenters. The zero-order chi connectivity index (χ0) is 43.4. The summed E-state index contributed by atoms with van der Waals surface area (Å²) in [5.74, 6) is -0.892. The van der Waals surface area contributed by atoms with E-state index in [9.17, 15) is 28.0 Å². The van der Waals surface area contributed by atoms with Crippen molar-refractivity contribution >= 4 is 45.6 Å². The summed E-state index contributed by atoms with van der Waals surface area (Å²) in [6.45, 7) is 6.99. The molecule has 4 heterocycles. The molecule has 61 heavy (non-hydrogen) atoms. The number of fused-ring (bicyclic) bond motifs is 2. The molecule has 0 spiro atoms. The third-order valence-electron chi connectivity index (χ3n) is 13.5. The third-order valence-corrected chi connectivity index (χ3v) is 13.5. The van der Waals surface area contributed by atoms with Gasteiger partial charge in [-0.2, -0.15) is 0 Å². The Morgan fingerprint density at radius 2 is 1.44 bits per heavy atom. The second kappa shape index (κ2) is 19.4. The summed E-state index contributed by atoms with van der Waals surface area (Å²) >= 11 is 0. The first-order valence-corrected chi connectivity index (χ1v) is 22.4. The number of likely N-dealkylation sites (tertiary alicyclic amines) is 2. The van der Waals surface area contributed by atoms with E-state index in [1.807, 2.05) is 21.3 Å². The second-order valence-corrected chi connectivity index (χ2v) is 17.5. The number of halogens is 2. The lowest BCUT2D eigenvalue weighted by atomic mass is 9.83. The summed E-state index contributed by atoms with van der Waals surface area (Å²) < 4.78 is 31.8. The first-order valence-electron chi connectivity index (χ1n) is 22.4. The van der Waals surface area contributed by atoms with Crippen molar-refractivity contribution in [2.75, 3.05) is 27.2 Å². The van der Waals surface area contributed by atoms with Crippen molar-refractivity contribution in [2.24, 2.45) is 5.92 Å². The Labute approximate surface area is 357 Å². The minimum Gasteiger partial charge on any atom is -0.352 e. The number of nitrogens with zero attached hydrogens (tertiary/aromatic N) is 4. The predicted octanol–water partition coefficient (Wildman–Crippen LogP) is 5.55. The lowest BCUT2D eigenvalue weighted by Gasteiger charge is -2.35. The molecular weight excluding hydrogens is 781 g/mol. The fourth-order valence-electron chi connectivity index (χ4n) is 9.82. The molecule has 7 rings (SSSR count). The molecule has 2 aliphatic heterocycles. The number of hydrogen-bond donors (Lipinski definition) is 5. The molecule has 15 heteroatoms. The molecule has 2 saturated heterocycles. The van der Waals surface area contributed by atoms with Crippen LogP contribution in [-0.4, -0.2) is 111 Å². The molecule has 2 aromatic heterocycles. The van der Waals surface area contributed by atoms with Gasteiger partial charge < -0.3 is 40.6 Å². The molecule has 330 valence electrons. The molecule has 13 nitrogen and oxygen atoms in total. The van der Waals surface area contributed by atoms with Crippen molar-refractivity contribution in [1.82, 2.24) is 45.6 Å². The van der Waals surface area contributed by atoms with Gasteiger partial charge in [0.2, 0.25) is 23.6 Å². The maximum Gasteiger partial charge on any atom is 0.245 e. The van der Waals surface area contributed by atoms with Crippen molar-refractivity contribution in [3.63, 3.8) is 0 Å². The molecule has 5 N–H and O–H groups in total. The van der Waals surface area contributed by atoms with Gasteiger partial charge in [0.25, 0.3) is 0 Å². The van der Waals surface area contributed by atoms with Crippen LogP contribution in [0.5, 0.6) is 0 Å². The second-order valence-electron chi connectivity index (χ2n) is 17.5. The van der Waals surface area contributed by atoms with E-state index < -0.39 is 35.8 Å². The SMILES string of the molecule is CCC[C@H](NC(=O)[C@H](C)NC)C(=O)N1CCC[C@H]1Cn1c(-c2[nH]c3cc(F)ccc3c2C[C@@H]2CCCN2C(=O)C(NC(=O)[C@H](C)NC)C2CCCCC2)nc2cc(F)ccc21. The van der Waals surface area contributed by atoms with E-state index in [4.69, 9.17) is 4.98 Å². The van der Waals surface area contributed by atoms with E-state index in [0.29, 0.717) is 67.0 Å². The van der Waals surface area contributed by atoms with Gasteiger partial charge in [0, 0.05) is 48.7 Å². The van der Waals surface area contributed by atoms with Crippen LogP contribution < -0.4 is 21.3 Å². The van der Waals surface area contributed by atoms with Gasteiger partial charge in [0.05, 0.1) is 28.8 Å². The number of hydrogen-bond acceptors (Lipinski definition) is 7. The van der Waals surface area contributed by atoms with Crippen molar-refractivity contribution in [3.8, 4) is 11.5 Å². The molecule has 0 bridgehead atoms. The van der Waals surface area contributed by atoms with Crippen LogP contribution in [0.3, 0.4) is 0 Å². The maximum absolute atomic E-state index is 14.9. The zero-order valence-corrected chi connectivity index (χ0v) is 36.3. The molecule has 0 radical (unpaired) electrons. The number of rotatable bonds is 16. The molecule has 1 aliphatic carbocycles. The Bertz CT molecular complexity index is 2220. The molecule has 3 fully saturated rings. The molecule has 3 aliphatic rings. The quantitative estimate of drug-likeness (QED) is 0.0991. The van der Waals surface area contributed by atoms with Crippen molar-refractivity contribution in [2.45, 2.75) is 141 Å². The molecular formula is C46H63F2N9O4. The highest BCUT2D eigenvalue weighted by atomic mass is 19.1. The number of carbonyl (C=O) groups is 4. The number of likely N-dealkylation sites (N-methyl/N-ethyl adjacent to an activating group) is 2. The number of amides is 4. The van der Waals surface area contributed by atoms with E-state index in [-0.39, 0.29) is 41.6 Å². The van der Waals surface area contributed by atoms with Crippen molar-refractivity contribution in [1.29, 1.82) is 0 Å². The Hall–Kier alpha value is -4.89. The number of H-pyrrole nitrogens is 1. The summed E-state index contributed by atoms with van der Waals surface area (Å²) in [4.78, 5) is 67.5.